The van der Waals surface area contributed by atoms with Gasteiger partial charge in [0.2, 0.25) is 0 Å². The van der Waals surface area contributed by atoms with Crippen LogP contribution in [0, 0.1) is 0 Å². The number of likely N-dealkylation sites (tertiary alicyclic amines) is 1. The predicted molar refractivity (Wildman–Crippen MR) is 67.2 cm³/mol. The second kappa shape index (κ2) is 5.15. The molecule has 102 valence electrons. The van der Waals surface area contributed by atoms with Gasteiger partial charge >= 0.3 is 0 Å². The summed E-state index contributed by atoms with van der Waals surface area (Å²) in [6.07, 6.45) is 5.06. The molecule has 0 radical (unpaired) electrons. The lowest BCUT2D eigenvalue weighted by molar-refractivity contribution is -0.106. The van der Waals surface area contributed by atoms with Gasteiger partial charge in [-0.05, 0) is 12.8 Å². The molecular weight excluding hydrogens is 232 g/mol. The fraction of sp³-hybridized carbons (Fsp3) is 0.923. The summed E-state index contributed by atoms with van der Waals surface area (Å²) in [6.45, 7) is 4.49. The van der Waals surface area contributed by atoms with Gasteiger partial charge in [-0.2, -0.15) is 0 Å². The van der Waals surface area contributed by atoms with Crippen LogP contribution >= 0.6 is 0 Å². The third-order valence-electron chi connectivity index (χ3n) is 4.57. The molecule has 0 aromatic rings. The standard InChI is InChI=1S/C13H22N2O3/c16-14-11-1-5-15(6-2-11)12-3-7-18-13(9-12)4-8-17-10-13/h12,16H,1-10H2. The zero-order valence-corrected chi connectivity index (χ0v) is 10.8. The first-order valence-corrected chi connectivity index (χ1v) is 6.97. The highest BCUT2D eigenvalue weighted by Gasteiger charge is 2.42. The SMILES string of the molecule is ON=C1CCN(C2CCOC3(CCOC3)C2)CC1. The molecule has 18 heavy (non-hydrogen) atoms. The molecule has 0 amide bonds. The molecule has 3 fully saturated rings. The van der Waals surface area contributed by atoms with Crippen LogP contribution in [0.1, 0.15) is 32.1 Å². The van der Waals surface area contributed by atoms with Gasteiger partial charge in [0, 0.05) is 51.6 Å². The monoisotopic (exact) mass is 254 g/mol. The summed E-state index contributed by atoms with van der Waals surface area (Å²) in [6, 6.07) is 0.612. The van der Waals surface area contributed by atoms with E-state index >= 15 is 0 Å². The maximum absolute atomic E-state index is 8.79. The minimum absolute atomic E-state index is 0.00569. The van der Waals surface area contributed by atoms with E-state index in [-0.39, 0.29) is 5.60 Å². The van der Waals surface area contributed by atoms with Crippen LogP contribution in [0.5, 0.6) is 0 Å². The Morgan fingerprint density at radius 3 is 2.78 bits per heavy atom. The molecule has 0 saturated carbocycles. The first-order chi connectivity index (χ1) is 8.81. The number of hydrogen-bond acceptors (Lipinski definition) is 5. The molecule has 3 saturated heterocycles. The molecule has 2 unspecified atom stereocenters. The van der Waals surface area contributed by atoms with E-state index in [0.29, 0.717) is 6.04 Å². The van der Waals surface area contributed by atoms with E-state index < -0.39 is 0 Å². The van der Waals surface area contributed by atoms with Gasteiger partial charge in [-0.1, -0.05) is 5.16 Å². The normalized spacial score (nSPS) is 38.2. The number of ether oxygens (including phenoxy) is 2. The van der Waals surface area contributed by atoms with Gasteiger partial charge in [-0.3, -0.25) is 4.90 Å². The fourth-order valence-electron chi connectivity index (χ4n) is 3.42. The van der Waals surface area contributed by atoms with Crippen LogP contribution < -0.4 is 0 Å². The molecule has 3 aliphatic rings. The van der Waals surface area contributed by atoms with Crippen molar-refractivity contribution in [1.29, 1.82) is 0 Å². The number of rotatable bonds is 1. The molecule has 5 heteroatoms. The first kappa shape index (κ1) is 12.4. The molecule has 3 rings (SSSR count). The minimum Gasteiger partial charge on any atom is -0.411 e. The van der Waals surface area contributed by atoms with Crippen molar-refractivity contribution < 1.29 is 14.7 Å². The topological polar surface area (TPSA) is 54.3 Å². The van der Waals surface area contributed by atoms with Crippen LogP contribution in [0.25, 0.3) is 0 Å². The van der Waals surface area contributed by atoms with Gasteiger partial charge in [0.1, 0.15) is 0 Å². The van der Waals surface area contributed by atoms with Gasteiger partial charge in [0.25, 0.3) is 0 Å². The lowest BCUT2D eigenvalue weighted by Gasteiger charge is -2.43. The van der Waals surface area contributed by atoms with Crippen LogP contribution in [-0.2, 0) is 9.47 Å². The molecule has 2 atom stereocenters. The van der Waals surface area contributed by atoms with Crippen molar-refractivity contribution in [2.24, 2.45) is 5.16 Å². The molecule has 3 heterocycles. The summed E-state index contributed by atoms with van der Waals surface area (Å²) in [4.78, 5) is 2.54. The van der Waals surface area contributed by atoms with Crippen molar-refractivity contribution in [2.75, 3.05) is 32.9 Å². The molecule has 0 aromatic heterocycles. The summed E-state index contributed by atoms with van der Waals surface area (Å²) in [5, 5.41) is 12.1. The van der Waals surface area contributed by atoms with Crippen molar-refractivity contribution in [3.63, 3.8) is 0 Å². The van der Waals surface area contributed by atoms with Gasteiger partial charge < -0.3 is 14.7 Å². The summed E-state index contributed by atoms with van der Waals surface area (Å²) >= 11 is 0. The smallest absolute Gasteiger partial charge is 0.0951 e. The Morgan fingerprint density at radius 1 is 1.28 bits per heavy atom. The third-order valence-corrected chi connectivity index (χ3v) is 4.57. The van der Waals surface area contributed by atoms with E-state index in [1.165, 1.54) is 0 Å². The van der Waals surface area contributed by atoms with Crippen LogP contribution in [0.3, 0.4) is 0 Å². The Kier molecular flexibility index (Phi) is 3.54. The first-order valence-electron chi connectivity index (χ1n) is 6.97. The molecule has 1 N–H and O–H groups in total. The highest BCUT2D eigenvalue weighted by Crippen LogP contribution is 2.35. The van der Waals surface area contributed by atoms with E-state index in [0.717, 1.165) is 70.7 Å². The molecule has 1 spiro atoms. The zero-order valence-electron chi connectivity index (χ0n) is 10.8. The Bertz CT molecular complexity index is 316. The van der Waals surface area contributed by atoms with Crippen molar-refractivity contribution in [2.45, 2.75) is 43.7 Å². The Labute approximate surface area is 108 Å². The molecule has 0 bridgehead atoms. The second-order valence-electron chi connectivity index (χ2n) is 5.68. The van der Waals surface area contributed by atoms with Crippen LogP contribution in [0.15, 0.2) is 5.16 Å². The second-order valence-corrected chi connectivity index (χ2v) is 5.68. The molecular formula is C13H22N2O3. The third kappa shape index (κ3) is 2.39. The lowest BCUT2D eigenvalue weighted by Crippen LogP contribution is -2.51. The molecule has 3 aliphatic heterocycles. The van der Waals surface area contributed by atoms with E-state index in [2.05, 4.69) is 10.1 Å². The van der Waals surface area contributed by atoms with E-state index in [4.69, 9.17) is 14.7 Å². The van der Waals surface area contributed by atoms with Crippen LogP contribution in [-0.4, -0.2) is 60.4 Å². The highest BCUT2D eigenvalue weighted by atomic mass is 16.6. The van der Waals surface area contributed by atoms with E-state index in [1.807, 2.05) is 0 Å². The summed E-state index contributed by atoms with van der Waals surface area (Å²) in [5.41, 5.74) is 0.936. The summed E-state index contributed by atoms with van der Waals surface area (Å²) in [7, 11) is 0. The van der Waals surface area contributed by atoms with Crippen molar-refractivity contribution in [3.05, 3.63) is 0 Å². The largest absolute Gasteiger partial charge is 0.411 e. The zero-order chi connectivity index (χ0) is 12.4. The fourth-order valence-corrected chi connectivity index (χ4v) is 3.42. The van der Waals surface area contributed by atoms with Crippen molar-refractivity contribution >= 4 is 5.71 Å². The van der Waals surface area contributed by atoms with Gasteiger partial charge in [-0.25, -0.2) is 0 Å². The Balaban J connectivity index is 1.59. The van der Waals surface area contributed by atoms with Crippen molar-refractivity contribution in [1.82, 2.24) is 4.90 Å². The molecule has 0 aliphatic carbocycles. The number of nitrogens with zero attached hydrogens (tertiary/aromatic N) is 2. The number of hydrogen-bond donors (Lipinski definition) is 1. The number of oxime groups is 1. The Hall–Kier alpha value is -0.650. The average molecular weight is 254 g/mol. The molecule has 5 nitrogen and oxygen atoms in total. The maximum atomic E-state index is 8.79. The van der Waals surface area contributed by atoms with E-state index in [9.17, 15) is 0 Å². The number of piperidine rings is 1. The quantitative estimate of drug-likeness (QED) is 0.565. The van der Waals surface area contributed by atoms with Gasteiger partial charge in [-0.15, -0.1) is 0 Å². The molecule has 0 aromatic carbocycles. The Morgan fingerprint density at radius 2 is 2.11 bits per heavy atom. The van der Waals surface area contributed by atoms with Gasteiger partial charge in [0.05, 0.1) is 17.9 Å². The van der Waals surface area contributed by atoms with Gasteiger partial charge in [0.15, 0.2) is 0 Å². The summed E-state index contributed by atoms with van der Waals surface area (Å²) < 4.78 is 11.5. The van der Waals surface area contributed by atoms with E-state index in [1.54, 1.807) is 0 Å². The maximum Gasteiger partial charge on any atom is 0.0951 e. The average Bonchev–Trinajstić information content (AvgIpc) is 2.87. The van der Waals surface area contributed by atoms with Crippen LogP contribution in [0.2, 0.25) is 0 Å². The predicted octanol–water partition coefficient (Wildman–Crippen LogP) is 1.25. The summed E-state index contributed by atoms with van der Waals surface area (Å²) in [5.74, 6) is 0. The highest BCUT2D eigenvalue weighted by molar-refractivity contribution is 5.84. The minimum atomic E-state index is -0.00569. The van der Waals surface area contributed by atoms with Crippen molar-refractivity contribution in [3.8, 4) is 0 Å². The van der Waals surface area contributed by atoms with Crippen LogP contribution in [0.4, 0.5) is 0 Å². The lowest BCUT2D eigenvalue weighted by atomic mass is 9.88.